The Morgan fingerprint density at radius 2 is 2.09 bits per heavy atom. The molecule has 1 atom stereocenters. The minimum absolute atomic E-state index is 0.0411. The van der Waals surface area contributed by atoms with Crippen LogP contribution in [0.15, 0.2) is 0 Å². The molecule has 0 saturated carbocycles. The molecule has 0 saturated heterocycles. The number of halogens is 3. The van der Waals surface area contributed by atoms with Gasteiger partial charge in [-0.15, -0.1) is 23.2 Å². The second kappa shape index (κ2) is 9.11. The Balaban J connectivity index is 2.89. The van der Waals surface area contributed by atoms with Crippen molar-refractivity contribution < 1.29 is 4.74 Å². The molecule has 1 nitrogen and oxygen atoms in total. The summed E-state index contributed by atoms with van der Waals surface area (Å²) in [5.74, 6) is 0.458. The van der Waals surface area contributed by atoms with E-state index in [1.807, 2.05) is 0 Å². The summed E-state index contributed by atoms with van der Waals surface area (Å²) < 4.78 is 5.25. The lowest BCUT2D eigenvalue weighted by Crippen LogP contribution is -2.11. The van der Waals surface area contributed by atoms with Crippen molar-refractivity contribution in [2.24, 2.45) is 0 Å². The second-order valence-electron chi connectivity index (χ2n) is 2.22. The third-order valence-corrected chi connectivity index (χ3v) is 2.51. The molecule has 0 amide bonds. The van der Waals surface area contributed by atoms with Gasteiger partial charge in [-0.25, -0.2) is 0 Å². The van der Waals surface area contributed by atoms with Gasteiger partial charge < -0.3 is 4.74 Å². The standard InChI is InChI=1S/C7H13BrCl2O/c8-3-1-2-4-11-6-7(10)5-9/h7H,1-6H2. The zero-order chi connectivity index (χ0) is 8.53. The van der Waals surface area contributed by atoms with E-state index in [-0.39, 0.29) is 5.38 Å². The summed E-state index contributed by atoms with van der Waals surface area (Å²) in [4.78, 5) is 0. The van der Waals surface area contributed by atoms with Crippen molar-refractivity contribution in [1.82, 2.24) is 0 Å². The number of unbranched alkanes of at least 4 members (excludes halogenated alkanes) is 1. The Bertz CT molecular complexity index is 82.8. The van der Waals surface area contributed by atoms with Gasteiger partial charge in [-0.2, -0.15) is 0 Å². The molecule has 0 rings (SSSR count). The molecule has 0 aliphatic rings. The van der Waals surface area contributed by atoms with Crippen LogP contribution in [0.3, 0.4) is 0 Å². The molecule has 0 radical (unpaired) electrons. The van der Waals surface area contributed by atoms with Crippen LogP contribution in [0.2, 0.25) is 0 Å². The van der Waals surface area contributed by atoms with Crippen LogP contribution in [0.4, 0.5) is 0 Å². The van der Waals surface area contributed by atoms with Gasteiger partial charge in [0.25, 0.3) is 0 Å². The molecule has 11 heavy (non-hydrogen) atoms. The normalized spacial score (nSPS) is 13.4. The summed E-state index contributed by atoms with van der Waals surface area (Å²) >= 11 is 14.5. The van der Waals surface area contributed by atoms with Crippen LogP contribution in [0.1, 0.15) is 12.8 Å². The van der Waals surface area contributed by atoms with E-state index in [0.717, 1.165) is 24.8 Å². The number of hydrogen-bond donors (Lipinski definition) is 0. The largest absolute Gasteiger partial charge is 0.380 e. The monoisotopic (exact) mass is 262 g/mol. The van der Waals surface area contributed by atoms with Crippen molar-refractivity contribution in [3.05, 3.63) is 0 Å². The van der Waals surface area contributed by atoms with E-state index in [2.05, 4.69) is 15.9 Å². The van der Waals surface area contributed by atoms with Gasteiger partial charge in [0.05, 0.1) is 12.0 Å². The van der Waals surface area contributed by atoms with Gasteiger partial charge in [0, 0.05) is 17.8 Å². The SMILES string of the molecule is ClCC(Cl)COCCCCBr. The molecule has 0 aliphatic heterocycles. The van der Waals surface area contributed by atoms with Gasteiger partial charge in [-0.3, -0.25) is 0 Å². The molecule has 0 aliphatic carbocycles. The van der Waals surface area contributed by atoms with Crippen molar-refractivity contribution >= 4 is 39.1 Å². The fourth-order valence-corrected chi connectivity index (χ4v) is 1.13. The topological polar surface area (TPSA) is 9.23 Å². The fourth-order valence-electron chi connectivity index (χ4n) is 0.554. The molecule has 0 aromatic carbocycles. The third-order valence-electron chi connectivity index (χ3n) is 1.14. The first-order valence-electron chi connectivity index (χ1n) is 3.65. The summed E-state index contributed by atoms with van der Waals surface area (Å²) in [5.41, 5.74) is 0. The highest BCUT2D eigenvalue weighted by molar-refractivity contribution is 9.09. The molecule has 0 spiro atoms. The minimum Gasteiger partial charge on any atom is -0.380 e. The molecule has 4 heteroatoms. The van der Waals surface area contributed by atoms with Crippen molar-refractivity contribution in [3.63, 3.8) is 0 Å². The van der Waals surface area contributed by atoms with Gasteiger partial charge in [0.15, 0.2) is 0 Å². The molecule has 68 valence electrons. The van der Waals surface area contributed by atoms with Crippen LogP contribution in [0.5, 0.6) is 0 Å². The second-order valence-corrected chi connectivity index (χ2v) is 3.94. The smallest absolute Gasteiger partial charge is 0.0704 e. The van der Waals surface area contributed by atoms with Crippen molar-refractivity contribution in [3.8, 4) is 0 Å². The summed E-state index contributed by atoms with van der Waals surface area (Å²) in [6.07, 6.45) is 2.23. The zero-order valence-electron chi connectivity index (χ0n) is 6.36. The molecule has 0 aromatic rings. The predicted molar refractivity (Wildman–Crippen MR) is 54.2 cm³/mol. The van der Waals surface area contributed by atoms with Crippen molar-refractivity contribution in [2.45, 2.75) is 18.2 Å². The van der Waals surface area contributed by atoms with Crippen LogP contribution in [-0.4, -0.2) is 29.8 Å². The van der Waals surface area contributed by atoms with Gasteiger partial charge >= 0.3 is 0 Å². The highest BCUT2D eigenvalue weighted by atomic mass is 79.9. The van der Waals surface area contributed by atoms with Gasteiger partial charge in [-0.1, -0.05) is 15.9 Å². The maximum atomic E-state index is 5.71. The quantitative estimate of drug-likeness (QED) is 0.507. The Morgan fingerprint density at radius 1 is 1.36 bits per heavy atom. The first-order chi connectivity index (χ1) is 5.31. The lowest BCUT2D eigenvalue weighted by Gasteiger charge is -2.05. The van der Waals surface area contributed by atoms with Crippen LogP contribution < -0.4 is 0 Å². The first-order valence-corrected chi connectivity index (χ1v) is 5.74. The summed E-state index contributed by atoms with van der Waals surface area (Å²) in [6.45, 7) is 1.35. The lowest BCUT2D eigenvalue weighted by atomic mass is 10.4. The zero-order valence-corrected chi connectivity index (χ0v) is 9.46. The van der Waals surface area contributed by atoms with E-state index >= 15 is 0 Å². The van der Waals surface area contributed by atoms with Crippen LogP contribution >= 0.6 is 39.1 Å². The number of alkyl halides is 3. The third kappa shape index (κ3) is 8.93. The number of hydrogen-bond acceptors (Lipinski definition) is 1. The molecule has 0 aromatic heterocycles. The Kier molecular flexibility index (Phi) is 9.96. The highest BCUT2D eigenvalue weighted by Gasteiger charge is 2.00. The van der Waals surface area contributed by atoms with Crippen LogP contribution in [0, 0.1) is 0 Å². The van der Waals surface area contributed by atoms with E-state index in [1.54, 1.807) is 0 Å². The van der Waals surface area contributed by atoms with E-state index in [0.29, 0.717) is 12.5 Å². The highest BCUT2D eigenvalue weighted by Crippen LogP contribution is 2.00. The van der Waals surface area contributed by atoms with E-state index in [4.69, 9.17) is 27.9 Å². The molecule has 0 fully saturated rings. The maximum absolute atomic E-state index is 5.71. The fraction of sp³-hybridized carbons (Fsp3) is 1.00. The lowest BCUT2D eigenvalue weighted by molar-refractivity contribution is 0.134. The average Bonchev–Trinajstić information content (AvgIpc) is 2.04. The van der Waals surface area contributed by atoms with Gasteiger partial charge in [0.2, 0.25) is 0 Å². The van der Waals surface area contributed by atoms with Crippen molar-refractivity contribution in [1.29, 1.82) is 0 Å². The number of ether oxygens (including phenoxy) is 1. The minimum atomic E-state index is -0.0411. The van der Waals surface area contributed by atoms with Crippen LogP contribution in [0.25, 0.3) is 0 Å². The van der Waals surface area contributed by atoms with E-state index in [9.17, 15) is 0 Å². The molecule has 1 unspecified atom stereocenters. The Labute approximate surface area is 86.5 Å². The molecule has 0 bridgehead atoms. The summed E-state index contributed by atoms with van der Waals surface area (Å²) in [7, 11) is 0. The predicted octanol–water partition coefficient (Wildman–Crippen LogP) is 3.02. The average molecular weight is 264 g/mol. The Morgan fingerprint density at radius 3 is 2.64 bits per heavy atom. The number of rotatable bonds is 7. The molecule has 0 N–H and O–H groups in total. The maximum Gasteiger partial charge on any atom is 0.0704 e. The Hall–Kier alpha value is 1.02. The van der Waals surface area contributed by atoms with Gasteiger partial charge in [0.1, 0.15) is 0 Å². The first kappa shape index (κ1) is 12.0. The summed E-state index contributed by atoms with van der Waals surface area (Å²) in [5, 5.41) is 0.997. The van der Waals surface area contributed by atoms with E-state index in [1.165, 1.54) is 0 Å². The molecular weight excluding hydrogens is 251 g/mol. The molecule has 0 heterocycles. The van der Waals surface area contributed by atoms with Crippen molar-refractivity contribution in [2.75, 3.05) is 24.4 Å². The summed E-state index contributed by atoms with van der Waals surface area (Å²) in [6, 6.07) is 0. The van der Waals surface area contributed by atoms with E-state index < -0.39 is 0 Å². The van der Waals surface area contributed by atoms with Crippen LogP contribution in [-0.2, 0) is 4.74 Å². The molecular formula is C7H13BrCl2O. The van der Waals surface area contributed by atoms with Gasteiger partial charge in [-0.05, 0) is 12.8 Å².